The molecule has 0 saturated carbocycles. The van der Waals surface area contributed by atoms with Crippen LogP contribution in [0.1, 0.15) is 5.56 Å². The number of nitrogens with zero attached hydrogens (tertiary/aromatic N) is 4. The van der Waals surface area contributed by atoms with E-state index in [0.717, 1.165) is 17.0 Å². The first kappa shape index (κ1) is 26.6. The van der Waals surface area contributed by atoms with Gasteiger partial charge in [-0.3, -0.25) is 9.36 Å². The summed E-state index contributed by atoms with van der Waals surface area (Å²) in [5, 5.41) is 13.4. The SMILES string of the molecule is COc1ccc(-c2nnc(SCC(=O)NN=Cc3cc(OC)c(OC)c(OC)c3)n2-c2ccccc2)cc1. The molecule has 3 aromatic carbocycles. The molecule has 0 fully saturated rings. The normalized spacial score (nSPS) is 10.8. The maximum Gasteiger partial charge on any atom is 0.250 e. The molecule has 4 aromatic rings. The minimum atomic E-state index is -0.299. The van der Waals surface area contributed by atoms with Crippen LogP contribution in [0.2, 0.25) is 0 Å². The number of carbonyl (C=O) groups is 1. The molecule has 0 spiro atoms. The highest BCUT2D eigenvalue weighted by Crippen LogP contribution is 2.37. The van der Waals surface area contributed by atoms with Crippen LogP contribution in [0, 0.1) is 0 Å². The Morgan fingerprint density at radius 3 is 2.21 bits per heavy atom. The van der Waals surface area contributed by atoms with Gasteiger partial charge in [-0.1, -0.05) is 30.0 Å². The van der Waals surface area contributed by atoms with Crippen LogP contribution in [0.15, 0.2) is 77.0 Å². The van der Waals surface area contributed by atoms with Crippen LogP contribution in [0.5, 0.6) is 23.0 Å². The Balaban J connectivity index is 1.48. The second-order valence-corrected chi connectivity index (χ2v) is 8.69. The molecule has 0 unspecified atom stereocenters. The Bertz CT molecular complexity index is 1380. The number of thioether (sulfide) groups is 1. The zero-order valence-electron chi connectivity index (χ0n) is 21.4. The van der Waals surface area contributed by atoms with Crippen LogP contribution < -0.4 is 24.4 Å². The standard InChI is InChI=1S/C27H27N5O5S/c1-34-21-12-10-19(11-13-21)26-30-31-27(32(26)20-8-6-5-7-9-20)38-17-24(33)29-28-16-18-14-22(35-2)25(37-4)23(15-18)36-3/h5-16H,17H2,1-4H3,(H,29,33). The Kier molecular flexibility index (Phi) is 8.83. The molecule has 0 aliphatic heterocycles. The predicted molar refractivity (Wildman–Crippen MR) is 146 cm³/mol. The Morgan fingerprint density at radius 1 is 0.921 bits per heavy atom. The molecule has 0 bridgehead atoms. The number of amides is 1. The summed E-state index contributed by atoms with van der Waals surface area (Å²) in [6.45, 7) is 0. The minimum Gasteiger partial charge on any atom is -0.497 e. The molecule has 4 rings (SSSR count). The van der Waals surface area contributed by atoms with Gasteiger partial charge in [0, 0.05) is 16.8 Å². The van der Waals surface area contributed by atoms with Crippen LogP contribution in [-0.2, 0) is 4.79 Å². The highest BCUT2D eigenvalue weighted by Gasteiger charge is 2.17. The monoisotopic (exact) mass is 533 g/mol. The van der Waals surface area contributed by atoms with E-state index in [0.29, 0.717) is 33.8 Å². The minimum absolute atomic E-state index is 0.0835. The van der Waals surface area contributed by atoms with Gasteiger partial charge in [-0.2, -0.15) is 5.10 Å². The number of hydrogen-bond donors (Lipinski definition) is 1. The summed E-state index contributed by atoms with van der Waals surface area (Å²) < 4.78 is 23.2. The predicted octanol–water partition coefficient (Wildman–Crippen LogP) is 4.21. The first-order valence-corrected chi connectivity index (χ1v) is 12.5. The van der Waals surface area contributed by atoms with Crippen LogP contribution in [-0.4, -0.2) is 61.1 Å². The fraction of sp³-hybridized carbons (Fsp3) is 0.185. The van der Waals surface area contributed by atoms with Crippen LogP contribution in [0.4, 0.5) is 0 Å². The summed E-state index contributed by atoms with van der Waals surface area (Å²) in [6, 6.07) is 20.8. The number of para-hydroxylation sites is 1. The number of methoxy groups -OCH3 is 4. The molecule has 1 aromatic heterocycles. The summed E-state index contributed by atoms with van der Waals surface area (Å²) in [5.41, 5.74) is 4.96. The molecular formula is C27H27N5O5S. The van der Waals surface area contributed by atoms with Crippen LogP contribution in [0.25, 0.3) is 17.1 Å². The molecule has 0 aliphatic rings. The highest BCUT2D eigenvalue weighted by atomic mass is 32.2. The summed E-state index contributed by atoms with van der Waals surface area (Å²) >= 11 is 1.26. The number of hydrogen-bond acceptors (Lipinski definition) is 9. The van der Waals surface area contributed by atoms with Gasteiger partial charge in [0.15, 0.2) is 22.5 Å². The van der Waals surface area contributed by atoms with E-state index in [1.165, 1.54) is 39.3 Å². The van der Waals surface area contributed by atoms with E-state index in [1.54, 1.807) is 19.2 Å². The van der Waals surface area contributed by atoms with E-state index in [2.05, 4.69) is 20.7 Å². The lowest BCUT2D eigenvalue weighted by atomic mass is 10.2. The van der Waals surface area contributed by atoms with Gasteiger partial charge < -0.3 is 18.9 Å². The molecule has 10 nitrogen and oxygen atoms in total. The molecule has 11 heteroatoms. The number of aromatic nitrogens is 3. The summed E-state index contributed by atoms with van der Waals surface area (Å²) in [7, 11) is 6.22. The average Bonchev–Trinajstić information content (AvgIpc) is 3.40. The number of benzene rings is 3. The average molecular weight is 534 g/mol. The van der Waals surface area contributed by atoms with Crippen molar-refractivity contribution in [2.24, 2.45) is 5.10 Å². The number of rotatable bonds is 11. The van der Waals surface area contributed by atoms with Crippen molar-refractivity contribution in [1.82, 2.24) is 20.2 Å². The van der Waals surface area contributed by atoms with Crippen molar-refractivity contribution in [2.75, 3.05) is 34.2 Å². The first-order valence-electron chi connectivity index (χ1n) is 11.5. The maximum atomic E-state index is 12.6. The lowest BCUT2D eigenvalue weighted by molar-refractivity contribution is -0.118. The smallest absolute Gasteiger partial charge is 0.250 e. The van der Waals surface area contributed by atoms with Crippen molar-refractivity contribution in [3.8, 4) is 40.1 Å². The van der Waals surface area contributed by atoms with E-state index >= 15 is 0 Å². The summed E-state index contributed by atoms with van der Waals surface area (Å²) in [6.07, 6.45) is 1.50. The third kappa shape index (κ3) is 6.06. The highest BCUT2D eigenvalue weighted by molar-refractivity contribution is 7.99. The lowest BCUT2D eigenvalue weighted by Gasteiger charge is -2.12. The van der Waals surface area contributed by atoms with Gasteiger partial charge in [-0.25, -0.2) is 5.43 Å². The molecule has 0 aliphatic carbocycles. The molecule has 38 heavy (non-hydrogen) atoms. The largest absolute Gasteiger partial charge is 0.497 e. The van der Waals surface area contributed by atoms with E-state index in [9.17, 15) is 4.79 Å². The lowest BCUT2D eigenvalue weighted by Crippen LogP contribution is -2.20. The van der Waals surface area contributed by atoms with Gasteiger partial charge in [-0.05, 0) is 48.5 Å². The number of hydrazone groups is 1. The van der Waals surface area contributed by atoms with Crippen LogP contribution >= 0.6 is 11.8 Å². The fourth-order valence-corrected chi connectivity index (χ4v) is 4.36. The zero-order valence-corrected chi connectivity index (χ0v) is 22.2. The summed E-state index contributed by atoms with van der Waals surface area (Å²) in [5.74, 6) is 2.64. The van der Waals surface area contributed by atoms with Crippen molar-refractivity contribution in [1.29, 1.82) is 0 Å². The van der Waals surface area contributed by atoms with Gasteiger partial charge >= 0.3 is 0 Å². The third-order valence-electron chi connectivity index (χ3n) is 5.42. The van der Waals surface area contributed by atoms with Crippen molar-refractivity contribution in [3.63, 3.8) is 0 Å². The fourth-order valence-electron chi connectivity index (χ4n) is 3.62. The van der Waals surface area contributed by atoms with Crippen molar-refractivity contribution >= 4 is 23.9 Å². The Labute approximate surface area is 224 Å². The Hall–Kier alpha value is -4.51. The maximum absolute atomic E-state index is 12.6. The van der Waals surface area contributed by atoms with E-state index in [4.69, 9.17) is 18.9 Å². The van der Waals surface area contributed by atoms with Gasteiger partial charge in [0.1, 0.15) is 5.75 Å². The first-order chi connectivity index (χ1) is 18.6. The van der Waals surface area contributed by atoms with Gasteiger partial charge in [-0.15, -0.1) is 10.2 Å². The van der Waals surface area contributed by atoms with Crippen LogP contribution in [0.3, 0.4) is 0 Å². The molecule has 196 valence electrons. The quantitative estimate of drug-likeness (QED) is 0.174. The Morgan fingerprint density at radius 2 is 1.61 bits per heavy atom. The molecule has 1 amide bonds. The van der Waals surface area contributed by atoms with Crippen molar-refractivity contribution in [3.05, 3.63) is 72.3 Å². The molecular weight excluding hydrogens is 506 g/mol. The number of carbonyl (C=O) groups excluding carboxylic acids is 1. The number of nitrogens with one attached hydrogen (secondary N) is 1. The molecule has 0 saturated heterocycles. The van der Waals surface area contributed by atoms with Crippen molar-refractivity contribution in [2.45, 2.75) is 5.16 Å². The van der Waals surface area contributed by atoms with E-state index in [1.807, 2.05) is 59.2 Å². The van der Waals surface area contributed by atoms with Gasteiger partial charge in [0.25, 0.3) is 5.91 Å². The molecule has 0 radical (unpaired) electrons. The summed E-state index contributed by atoms with van der Waals surface area (Å²) in [4.78, 5) is 12.6. The van der Waals surface area contributed by atoms with Crippen molar-refractivity contribution < 1.29 is 23.7 Å². The van der Waals surface area contributed by atoms with E-state index < -0.39 is 0 Å². The molecule has 0 atom stereocenters. The van der Waals surface area contributed by atoms with E-state index in [-0.39, 0.29) is 11.7 Å². The van der Waals surface area contributed by atoms with Gasteiger partial charge in [0.05, 0.1) is 40.4 Å². The molecule has 1 N–H and O–H groups in total. The zero-order chi connectivity index (χ0) is 26.9. The second kappa shape index (κ2) is 12.6. The topological polar surface area (TPSA) is 109 Å². The second-order valence-electron chi connectivity index (χ2n) is 7.75. The molecule has 1 heterocycles. The van der Waals surface area contributed by atoms with Gasteiger partial charge in [0.2, 0.25) is 5.75 Å². The number of ether oxygens (including phenoxy) is 4. The third-order valence-corrected chi connectivity index (χ3v) is 6.35.